The van der Waals surface area contributed by atoms with Crippen LogP contribution in [0.2, 0.25) is 0 Å². The van der Waals surface area contributed by atoms with Crippen molar-refractivity contribution >= 4 is 69.2 Å². The monoisotopic (exact) mass is 693 g/mol. The van der Waals surface area contributed by atoms with Crippen LogP contribution in [-0.4, -0.2) is 52.1 Å². The van der Waals surface area contributed by atoms with Crippen LogP contribution in [0, 0.1) is 17.8 Å². The summed E-state index contributed by atoms with van der Waals surface area (Å²) in [5, 5.41) is 15.3. The van der Waals surface area contributed by atoms with Gasteiger partial charge >= 0.3 is 0 Å². The number of carbonyl (C=O) groups is 4. The molecule has 0 bridgehead atoms. The zero-order valence-corrected chi connectivity index (χ0v) is 28.1. The molecule has 2 fully saturated rings. The molecule has 13 nitrogen and oxygen atoms in total. The van der Waals surface area contributed by atoms with Crippen LogP contribution in [0.4, 0.5) is 11.4 Å². The molecule has 8 rings (SSSR count). The van der Waals surface area contributed by atoms with Crippen molar-refractivity contribution in [3.63, 3.8) is 0 Å². The second-order valence-electron chi connectivity index (χ2n) is 13.9. The van der Waals surface area contributed by atoms with Crippen molar-refractivity contribution in [1.82, 2.24) is 20.8 Å². The van der Waals surface area contributed by atoms with Gasteiger partial charge in [0.2, 0.25) is 11.8 Å². The Kier molecular flexibility index (Phi) is 10.7. The lowest BCUT2D eigenvalue weighted by Crippen LogP contribution is -2.42. The van der Waals surface area contributed by atoms with Crippen molar-refractivity contribution in [2.45, 2.75) is 84.6 Å². The topological polar surface area (TPSA) is 199 Å². The minimum atomic E-state index is -0.522. The molecule has 13 heteroatoms. The van der Waals surface area contributed by atoms with Gasteiger partial charge in [0.15, 0.2) is 0 Å². The van der Waals surface area contributed by atoms with Crippen molar-refractivity contribution in [3.05, 3.63) is 58.9 Å². The van der Waals surface area contributed by atoms with E-state index in [1.54, 1.807) is 30.8 Å². The first kappa shape index (κ1) is 35.5. The van der Waals surface area contributed by atoms with Crippen molar-refractivity contribution in [1.29, 1.82) is 0 Å². The number of hydrogen-bond acceptors (Lipinski definition) is 7. The maximum absolute atomic E-state index is 12.7. The van der Waals surface area contributed by atoms with Crippen molar-refractivity contribution in [2.75, 3.05) is 10.6 Å². The summed E-state index contributed by atoms with van der Waals surface area (Å²) in [5.41, 5.74) is 16.6. The second kappa shape index (κ2) is 15.3. The average molecular weight is 694 g/mol. The highest BCUT2D eigenvalue weighted by molar-refractivity contribution is 6.16. The number of hydrogen-bond donors (Lipinski definition) is 7. The maximum atomic E-state index is 12.7. The van der Waals surface area contributed by atoms with Gasteiger partial charge in [-0.1, -0.05) is 52.9 Å². The molecule has 4 heterocycles. The molecule has 51 heavy (non-hydrogen) atoms. The molecule has 4 aliphatic rings. The van der Waals surface area contributed by atoms with Gasteiger partial charge in [0.05, 0.1) is 29.6 Å². The number of nitrogens with one attached hydrogen (secondary N) is 6. The summed E-state index contributed by atoms with van der Waals surface area (Å²) in [6.07, 6.45) is 18.3. The summed E-state index contributed by atoms with van der Waals surface area (Å²) in [5.74, 6) is -0.0820. The summed E-state index contributed by atoms with van der Waals surface area (Å²) >= 11 is 0. The first-order valence-electron chi connectivity index (χ1n) is 17.6. The lowest BCUT2D eigenvalue weighted by molar-refractivity contribution is -0.121. The van der Waals surface area contributed by atoms with E-state index in [4.69, 9.17) is 5.73 Å². The first-order chi connectivity index (χ1) is 24.3. The molecular weight excluding hydrogens is 646 g/mol. The Morgan fingerprint density at radius 1 is 0.706 bits per heavy atom. The van der Waals surface area contributed by atoms with Gasteiger partial charge in [-0.25, -0.2) is 10.9 Å². The van der Waals surface area contributed by atoms with Crippen LogP contribution in [-0.2, 0) is 9.59 Å². The molecule has 2 aromatic carbocycles. The SMILES string of the molecule is C.C[C@@H](C(=O)Nc1cc2c3c(c[nH]c3c1)C=NNC2=O)C1CCCCC1.N[C@@H](C(=O)Nc1cc2c3c(c[nH]c3c1)C=NNC2=O)C1CCCCC1. The Labute approximate surface area is 296 Å². The molecule has 0 unspecified atom stereocenters. The molecule has 2 aliphatic carbocycles. The van der Waals surface area contributed by atoms with E-state index >= 15 is 0 Å². The molecule has 0 spiro atoms. The number of amides is 4. The highest BCUT2D eigenvalue weighted by atomic mass is 16.2. The van der Waals surface area contributed by atoms with Crippen LogP contribution in [0.15, 0.2) is 46.9 Å². The van der Waals surface area contributed by atoms with E-state index in [2.05, 4.69) is 41.7 Å². The number of nitrogens with two attached hydrogens (primary N) is 1. The molecule has 2 aromatic heterocycles. The zero-order chi connectivity index (χ0) is 34.8. The lowest BCUT2D eigenvalue weighted by Gasteiger charge is -2.26. The molecular formula is C38H47N9O4. The molecule has 0 radical (unpaired) electrons. The molecule has 268 valence electrons. The van der Waals surface area contributed by atoms with E-state index in [0.717, 1.165) is 71.5 Å². The summed E-state index contributed by atoms with van der Waals surface area (Å²) in [4.78, 5) is 56.0. The summed E-state index contributed by atoms with van der Waals surface area (Å²) < 4.78 is 0. The number of hydrazone groups is 2. The molecule has 2 aliphatic heterocycles. The Hall–Kier alpha value is -5.30. The van der Waals surface area contributed by atoms with Gasteiger partial charge < -0.3 is 26.3 Å². The third-order valence-electron chi connectivity index (χ3n) is 10.6. The smallest absolute Gasteiger partial charge is 0.272 e. The van der Waals surface area contributed by atoms with E-state index in [1.165, 1.54) is 25.7 Å². The first-order valence-corrected chi connectivity index (χ1v) is 17.6. The number of benzene rings is 2. The van der Waals surface area contributed by atoms with Crippen LogP contribution in [0.3, 0.4) is 0 Å². The Morgan fingerprint density at radius 3 is 1.65 bits per heavy atom. The largest absolute Gasteiger partial charge is 0.360 e. The predicted molar refractivity (Wildman–Crippen MR) is 201 cm³/mol. The Bertz CT molecular complexity index is 1870. The number of rotatable bonds is 6. The quantitative estimate of drug-likeness (QED) is 0.127. The average Bonchev–Trinajstić information content (AvgIpc) is 3.65. The zero-order valence-electron chi connectivity index (χ0n) is 28.1. The third-order valence-corrected chi connectivity index (χ3v) is 10.6. The van der Waals surface area contributed by atoms with Crippen molar-refractivity contribution < 1.29 is 19.2 Å². The van der Waals surface area contributed by atoms with E-state index in [9.17, 15) is 19.2 Å². The van der Waals surface area contributed by atoms with Crippen LogP contribution in [0.25, 0.3) is 21.8 Å². The molecule has 0 saturated heterocycles. The molecule has 2 saturated carbocycles. The second-order valence-corrected chi connectivity index (χ2v) is 13.9. The number of anilines is 2. The maximum Gasteiger partial charge on any atom is 0.272 e. The van der Waals surface area contributed by atoms with Crippen molar-refractivity contribution in [3.8, 4) is 0 Å². The minimum Gasteiger partial charge on any atom is -0.360 e. The molecule has 4 aromatic rings. The van der Waals surface area contributed by atoms with E-state index < -0.39 is 6.04 Å². The molecule has 2 atom stereocenters. The van der Waals surface area contributed by atoms with Gasteiger partial charge in [0, 0.05) is 62.6 Å². The fraction of sp³-hybridized carbons (Fsp3) is 0.421. The van der Waals surface area contributed by atoms with Crippen molar-refractivity contribution in [2.24, 2.45) is 33.7 Å². The van der Waals surface area contributed by atoms with E-state index in [0.29, 0.717) is 28.4 Å². The van der Waals surface area contributed by atoms with Gasteiger partial charge in [-0.3, -0.25) is 19.2 Å². The van der Waals surface area contributed by atoms with Gasteiger partial charge in [0.1, 0.15) is 0 Å². The number of H-pyrrole nitrogens is 2. The number of aromatic nitrogens is 2. The van der Waals surface area contributed by atoms with Gasteiger partial charge in [0.25, 0.3) is 11.8 Å². The van der Waals surface area contributed by atoms with Crippen LogP contribution in [0.5, 0.6) is 0 Å². The highest BCUT2D eigenvalue weighted by Gasteiger charge is 2.28. The lowest BCUT2D eigenvalue weighted by atomic mass is 9.80. The third kappa shape index (κ3) is 7.43. The Morgan fingerprint density at radius 2 is 1.16 bits per heavy atom. The Balaban J connectivity index is 0.000000172. The van der Waals surface area contributed by atoms with E-state index in [1.807, 2.05) is 25.3 Å². The number of nitrogens with zero attached hydrogens (tertiary/aromatic N) is 2. The normalized spacial score (nSPS) is 18.3. The fourth-order valence-electron chi connectivity index (χ4n) is 7.77. The summed E-state index contributed by atoms with van der Waals surface area (Å²) in [6, 6.07) is 6.58. The standard InChI is InChI=1S/C19H22N4O2.C18H21N5O2.CH4/c1-11(12-5-3-2-4-6-12)18(24)22-14-7-15-17-13(9-20-16(17)8-14)10-21-23-19(15)25;19-16(10-4-2-1-3-5-10)18(25)22-12-6-13-15-11(8-20-14(15)7-12)9-21-23-17(13)24;/h7-12,20H,2-6H2,1H3,(H,22,24)(H,23,25);6-10,16,20H,1-5,19H2,(H,22,25)(H,23,24);1H4/t11-;16-;/m11./s1. The minimum absolute atomic E-state index is 0. The predicted octanol–water partition coefficient (Wildman–Crippen LogP) is 6.13. The summed E-state index contributed by atoms with van der Waals surface area (Å²) in [7, 11) is 0. The van der Waals surface area contributed by atoms with Crippen LogP contribution in [0.1, 0.15) is 110 Å². The van der Waals surface area contributed by atoms with Crippen LogP contribution >= 0.6 is 0 Å². The number of aromatic amines is 2. The van der Waals surface area contributed by atoms with E-state index in [-0.39, 0.29) is 42.9 Å². The highest BCUT2D eigenvalue weighted by Crippen LogP contribution is 2.33. The molecule has 8 N–H and O–H groups in total. The fourth-order valence-corrected chi connectivity index (χ4v) is 7.77. The van der Waals surface area contributed by atoms with Gasteiger partial charge in [-0.05, 0) is 61.8 Å². The van der Waals surface area contributed by atoms with Gasteiger partial charge in [-0.2, -0.15) is 10.2 Å². The summed E-state index contributed by atoms with van der Waals surface area (Å²) in [6.45, 7) is 2.01. The van der Waals surface area contributed by atoms with Crippen LogP contribution < -0.4 is 27.2 Å². The van der Waals surface area contributed by atoms with Gasteiger partial charge in [-0.15, -0.1) is 0 Å². The molecule has 4 amide bonds. The number of carbonyl (C=O) groups excluding carboxylic acids is 4.